The van der Waals surface area contributed by atoms with Crippen molar-refractivity contribution in [2.75, 3.05) is 17.7 Å². The maximum absolute atomic E-state index is 12.8. The molecule has 7 heteroatoms. The van der Waals surface area contributed by atoms with Crippen LogP contribution in [-0.4, -0.2) is 25.0 Å². The molecule has 4 N–H and O–H groups in total. The molecule has 2 fully saturated rings. The van der Waals surface area contributed by atoms with Gasteiger partial charge in [-0.05, 0) is 55.7 Å². The number of benzene rings is 1. The lowest BCUT2D eigenvalue weighted by atomic mass is 9.65. The molecule has 2 aliphatic rings. The Labute approximate surface area is 160 Å². The largest absolute Gasteiger partial charge is 0.495 e. The Bertz CT molecular complexity index is 653. The van der Waals surface area contributed by atoms with E-state index >= 15 is 0 Å². The second-order valence-corrected chi connectivity index (χ2v) is 7.28. The van der Waals surface area contributed by atoms with Gasteiger partial charge in [0.05, 0.1) is 12.8 Å². The van der Waals surface area contributed by atoms with Crippen LogP contribution in [0.5, 0.6) is 5.75 Å². The second kappa shape index (κ2) is 8.73. The fourth-order valence-corrected chi connectivity index (χ4v) is 4.32. The first-order valence-corrected chi connectivity index (χ1v) is 9.00. The van der Waals surface area contributed by atoms with Crippen molar-refractivity contribution >= 4 is 35.6 Å². The Morgan fingerprint density at radius 1 is 1.15 bits per heavy atom. The average molecular weight is 382 g/mol. The van der Waals surface area contributed by atoms with E-state index < -0.39 is 0 Å². The quantitative estimate of drug-likeness (QED) is 0.746. The maximum atomic E-state index is 12.8. The highest BCUT2D eigenvalue weighted by Crippen LogP contribution is 2.42. The molecule has 2 atom stereocenters. The SMILES string of the molecule is COc1ccc(NC(C)=O)cc1NC(=O)C1CC2CCCC(C1)C2N.Cl. The number of methoxy groups -OCH3 is 1. The molecular weight excluding hydrogens is 354 g/mol. The number of hydrogen-bond donors (Lipinski definition) is 3. The van der Waals surface area contributed by atoms with Crippen LogP contribution in [0.1, 0.15) is 39.0 Å². The predicted octanol–water partition coefficient (Wildman–Crippen LogP) is 3.17. The zero-order valence-corrected chi connectivity index (χ0v) is 16.1. The highest BCUT2D eigenvalue weighted by molar-refractivity contribution is 5.96. The predicted molar refractivity (Wildman–Crippen MR) is 105 cm³/mol. The van der Waals surface area contributed by atoms with Gasteiger partial charge in [-0.1, -0.05) is 6.42 Å². The van der Waals surface area contributed by atoms with Gasteiger partial charge in [0.2, 0.25) is 11.8 Å². The van der Waals surface area contributed by atoms with Gasteiger partial charge in [-0.3, -0.25) is 9.59 Å². The lowest BCUT2D eigenvalue weighted by molar-refractivity contribution is -0.122. The van der Waals surface area contributed by atoms with Gasteiger partial charge in [-0.25, -0.2) is 0 Å². The zero-order chi connectivity index (χ0) is 18.0. The fraction of sp³-hybridized carbons (Fsp3) is 0.579. The molecule has 0 radical (unpaired) electrons. The van der Waals surface area contributed by atoms with Gasteiger partial charge in [0.25, 0.3) is 0 Å². The Morgan fingerprint density at radius 2 is 1.81 bits per heavy atom. The van der Waals surface area contributed by atoms with Crippen molar-refractivity contribution in [1.29, 1.82) is 0 Å². The minimum absolute atomic E-state index is 0. The van der Waals surface area contributed by atoms with E-state index in [0.717, 1.165) is 25.7 Å². The van der Waals surface area contributed by atoms with Crippen molar-refractivity contribution < 1.29 is 14.3 Å². The van der Waals surface area contributed by atoms with E-state index in [9.17, 15) is 9.59 Å². The molecule has 2 unspecified atom stereocenters. The number of hydrogen-bond acceptors (Lipinski definition) is 4. The standard InChI is InChI=1S/C19H27N3O3.ClH/c1-11(23)21-15-6-7-17(25-2)16(10-15)22-19(24)14-8-12-4-3-5-13(9-14)18(12)20;/h6-7,10,12-14,18H,3-5,8-9,20H2,1-2H3,(H,21,23)(H,22,24);1H. The molecule has 6 nitrogen and oxygen atoms in total. The minimum Gasteiger partial charge on any atom is -0.495 e. The molecular formula is C19H28ClN3O3. The molecule has 2 bridgehead atoms. The lowest BCUT2D eigenvalue weighted by Gasteiger charge is -2.43. The zero-order valence-electron chi connectivity index (χ0n) is 15.3. The summed E-state index contributed by atoms with van der Waals surface area (Å²) in [5.41, 5.74) is 7.53. The number of carbonyl (C=O) groups is 2. The molecule has 3 rings (SSSR count). The van der Waals surface area contributed by atoms with E-state index in [0.29, 0.717) is 29.0 Å². The van der Waals surface area contributed by atoms with Gasteiger partial charge in [0.1, 0.15) is 5.75 Å². The molecule has 0 spiro atoms. The van der Waals surface area contributed by atoms with Crippen LogP contribution >= 0.6 is 12.4 Å². The van der Waals surface area contributed by atoms with Crippen LogP contribution in [0.3, 0.4) is 0 Å². The van der Waals surface area contributed by atoms with Gasteiger partial charge in [-0.2, -0.15) is 0 Å². The van der Waals surface area contributed by atoms with Crippen molar-refractivity contribution in [3.8, 4) is 5.75 Å². The third kappa shape index (κ3) is 4.48. The van der Waals surface area contributed by atoms with Crippen LogP contribution in [-0.2, 0) is 9.59 Å². The number of amides is 2. The van der Waals surface area contributed by atoms with Crippen molar-refractivity contribution in [3.05, 3.63) is 18.2 Å². The van der Waals surface area contributed by atoms with Crippen LogP contribution in [0.25, 0.3) is 0 Å². The summed E-state index contributed by atoms with van der Waals surface area (Å²) in [4.78, 5) is 24.1. The fourth-order valence-electron chi connectivity index (χ4n) is 4.32. The molecule has 144 valence electrons. The number of halogens is 1. The number of nitrogens with one attached hydrogen (secondary N) is 2. The first-order chi connectivity index (χ1) is 12.0. The summed E-state index contributed by atoms with van der Waals surface area (Å²) in [6.45, 7) is 1.45. The maximum Gasteiger partial charge on any atom is 0.227 e. The molecule has 26 heavy (non-hydrogen) atoms. The Balaban J connectivity index is 0.00000243. The number of ether oxygens (including phenoxy) is 1. The molecule has 1 aromatic rings. The van der Waals surface area contributed by atoms with Gasteiger partial charge >= 0.3 is 0 Å². The molecule has 0 saturated heterocycles. The van der Waals surface area contributed by atoms with Crippen molar-refractivity contribution in [2.45, 2.75) is 45.1 Å². The van der Waals surface area contributed by atoms with Crippen molar-refractivity contribution in [3.63, 3.8) is 0 Å². The van der Waals surface area contributed by atoms with E-state index in [-0.39, 0.29) is 36.2 Å². The molecule has 2 amide bonds. The molecule has 2 aliphatic carbocycles. The molecule has 1 aromatic carbocycles. The summed E-state index contributed by atoms with van der Waals surface area (Å²) in [5.74, 6) is 1.34. The first-order valence-electron chi connectivity index (χ1n) is 9.00. The average Bonchev–Trinajstić information content (AvgIpc) is 2.54. The Kier molecular flexibility index (Phi) is 6.89. The van der Waals surface area contributed by atoms with Crippen molar-refractivity contribution in [2.24, 2.45) is 23.5 Å². The normalized spacial score (nSPS) is 27.0. The van der Waals surface area contributed by atoms with Crippen molar-refractivity contribution in [1.82, 2.24) is 0 Å². The van der Waals surface area contributed by atoms with Crippen LogP contribution < -0.4 is 21.1 Å². The summed E-state index contributed by atoms with van der Waals surface area (Å²) in [6, 6.07) is 5.47. The first kappa shape index (κ1) is 20.5. The topological polar surface area (TPSA) is 93.5 Å². The number of nitrogens with two attached hydrogens (primary N) is 1. The number of anilines is 2. The van der Waals surface area contributed by atoms with Gasteiger partial charge in [-0.15, -0.1) is 12.4 Å². The van der Waals surface area contributed by atoms with Gasteiger partial charge < -0.3 is 21.1 Å². The van der Waals surface area contributed by atoms with E-state index in [4.69, 9.17) is 10.5 Å². The number of carbonyl (C=O) groups excluding carboxylic acids is 2. The third-order valence-electron chi connectivity index (χ3n) is 5.56. The molecule has 2 saturated carbocycles. The van der Waals surface area contributed by atoms with E-state index in [1.807, 2.05) is 0 Å². The minimum atomic E-state index is -0.156. The highest BCUT2D eigenvalue weighted by Gasteiger charge is 2.40. The highest BCUT2D eigenvalue weighted by atomic mass is 35.5. The Hall–Kier alpha value is -1.79. The summed E-state index contributed by atoms with van der Waals surface area (Å²) >= 11 is 0. The molecule has 0 heterocycles. The van der Waals surface area contributed by atoms with E-state index in [1.165, 1.54) is 13.3 Å². The number of fused-ring (bicyclic) bond motifs is 2. The molecule has 0 aromatic heterocycles. The van der Waals surface area contributed by atoms with E-state index in [2.05, 4.69) is 10.6 Å². The third-order valence-corrected chi connectivity index (χ3v) is 5.56. The summed E-state index contributed by atoms with van der Waals surface area (Å²) < 4.78 is 5.34. The summed E-state index contributed by atoms with van der Waals surface area (Å²) in [6.07, 6.45) is 5.20. The lowest BCUT2D eigenvalue weighted by Crippen LogP contribution is -2.48. The van der Waals surface area contributed by atoms with Gasteiger partial charge in [0, 0.05) is 24.6 Å². The molecule has 0 aliphatic heterocycles. The van der Waals surface area contributed by atoms with E-state index in [1.54, 1.807) is 25.3 Å². The van der Waals surface area contributed by atoms with Crippen LogP contribution in [0, 0.1) is 17.8 Å². The van der Waals surface area contributed by atoms with Gasteiger partial charge in [0.15, 0.2) is 0 Å². The monoisotopic (exact) mass is 381 g/mol. The smallest absolute Gasteiger partial charge is 0.227 e. The summed E-state index contributed by atoms with van der Waals surface area (Å²) in [5, 5.41) is 5.72. The van der Waals surface area contributed by atoms with Crippen LogP contribution in [0.15, 0.2) is 18.2 Å². The van der Waals surface area contributed by atoms with Crippen LogP contribution in [0.4, 0.5) is 11.4 Å². The number of rotatable bonds is 4. The van der Waals surface area contributed by atoms with Crippen LogP contribution in [0.2, 0.25) is 0 Å². The second-order valence-electron chi connectivity index (χ2n) is 7.28. The summed E-state index contributed by atoms with van der Waals surface area (Å²) in [7, 11) is 1.56. The Morgan fingerprint density at radius 3 is 2.38 bits per heavy atom.